The van der Waals surface area contributed by atoms with Crippen LogP contribution in [0.1, 0.15) is 22.6 Å². The number of fused-ring (bicyclic) bond motifs is 3. The maximum atomic E-state index is 4.44. The normalized spacial score (nSPS) is 13.5. The van der Waals surface area contributed by atoms with Crippen molar-refractivity contribution in [2.75, 3.05) is 0 Å². The van der Waals surface area contributed by atoms with Gasteiger partial charge in [-0.15, -0.1) is 0 Å². The second kappa shape index (κ2) is 2.96. The van der Waals surface area contributed by atoms with Gasteiger partial charge in [-0.1, -0.05) is 17.7 Å². The summed E-state index contributed by atoms with van der Waals surface area (Å²) < 4.78 is 2.28. The fourth-order valence-corrected chi connectivity index (χ4v) is 2.37. The summed E-state index contributed by atoms with van der Waals surface area (Å²) in [4.78, 5) is 4.44. The lowest BCUT2D eigenvalue weighted by Gasteiger charge is -2.20. The molecule has 0 amide bonds. The number of rotatable bonds is 0. The molecule has 1 aliphatic heterocycles. The van der Waals surface area contributed by atoms with E-state index in [1.54, 1.807) is 0 Å². The number of aromatic nitrogens is 2. The molecule has 15 heavy (non-hydrogen) atoms. The minimum Gasteiger partial charge on any atom is -0.301 e. The summed E-state index contributed by atoms with van der Waals surface area (Å²) in [5.74, 6) is 1.20. The molecule has 2 aromatic rings. The lowest BCUT2D eigenvalue weighted by atomic mass is 10.0. The highest BCUT2D eigenvalue weighted by Gasteiger charge is 2.17. The Balaban J connectivity index is 2.29. The molecule has 2 heterocycles. The molecule has 2 heteroatoms. The SMILES string of the molecule is Cc1ccc2c(c1)CCc1ncc(C)n1-2. The first-order chi connectivity index (χ1) is 7.25. The molecule has 2 nitrogen and oxygen atoms in total. The van der Waals surface area contributed by atoms with Crippen molar-refractivity contribution in [1.82, 2.24) is 9.55 Å². The van der Waals surface area contributed by atoms with Gasteiger partial charge in [0.1, 0.15) is 5.82 Å². The summed E-state index contributed by atoms with van der Waals surface area (Å²) in [5, 5.41) is 0. The van der Waals surface area contributed by atoms with Crippen LogP contribution in [0, 0.1) is 13.8 Å². The summed E-state index contributed by atoms with van der Waals surface area (Å²) in [5.41, 5.74) is 5.34. The summed E-state index contributed by atoms with van der Waals surface area (Å²) in [6.07, 6.45) is 4.14. The highest BCUT2D eigenvalue weighted by atomic mass is 15.1. The van der Waals surface area contributed by atoms with E-state index in [1.165, 1.54) is 28.3 Å². The fraction of sp³-hybridized carbons (Fsp3) is 0.308. The van der Waals surface area contributed by atoms with Gasteiger partial charge >= 0.3 is 0 Å². The van der Waals surface area contributed by atoms with E-state index in [9.17, 15) is 0 Å². The topological polar surface area (TPSA) is 17.8 Å². The van der Waals surface area contributed by atoms with Crippen LogP contribution in [0.25, 0.3) is 5.69 Å². The molecular weight excluding hydrogens is 184 g/mol. The van der Waals surface area contributed by atoms with Gasteiger partial charge in [0, 0.05) is 18.3 Å². The second-order valence-corrected chi connectivity index (χ2v) is 4.28. The Bertz CT molecular complexity index is 523. The zero-order valence-electron chi connectivity index (χ0n) is 9.12. The van der Waals surface area contributed by atoms with Crippen LogP contribution < -0.4 is 0 Å². The Morgan fingerprint density at radius 3 is 2.93 bits per heavy atom. The summed E-state index contributed by atoms with van der Waals surface area (Å²) in [7, 11) is 0. The van der Waals surface area contributed by atoms with Crippen molar-refractivity contribution in [3.8, 4) is 5.69 Å². The Labute approximate surface area is 89.6 Å². The Morgan fingerprint density at radius 1 is 1.20 bits per heavy atom. The van der Waals surface area contributed by atoms with Crippen molar-refractivity contribution >= 4 is 0 Å². The Morgan fingerprint density at radius 2 is 2.07 bits per heavy atom. The summed E-state index contributed by atoms with van der Waals surface area (Å²) in [6.45, 7) is 4.27. The maximum absolute atomic E-state index is 4.44. The van der Waals surface area contributed by atoms with Crippen LogP contribution in [-0.2, 0) is 12.8 Å². The molecule has 0 bridgehead atoms. The van der Waals surface area contributed by atoms with Crippen molar-refractivity contribution in [1.29, 1.82) is 0 Å². The minimum absolute atomic E-state index is 1.06. The number of benzene rings is 1. The Kier molecular flexibility index (Phi) is 1.72. The van der Waals surface area contributed by atoms with E-state index in [1.807, 2.05) is 6.20 Å². The van der Waals surface area contributed by atoms with Gasteiger partial charge in [0.05, 0.1) is 5.69 Å². The fourth-order valence-electron chi connectivity index (χ4n) is 2.37. The smallest absolute Gasteiger partial charge is 0.113 e. The minimum atomic E-state index is 1.06. The van der Waals surface area contributed by atoms with Gasteiger partial charge in [-0.2, -0.15) is 0 Å². The van der Waals surface area contributed by atoms with Gasteiger partial charge < -0.3 is 4.57 Å². The third-order valence-corrected chi connectivity index (χ3v) is 3.11. The molecule has 0 atom stereocenters. The molecule has 1 aromatic carbocycles. The molecule has 0 saturated carbocycles. The van der Waals surface area contributed by atoms with Crippen LogP contribution in [0.5, 0.6) is 0 Å². The van der Waals surface area contributed by atoms with Crippen LogP contribution in [0.15, 0.2) is 24.4 Å². The molecular formula is C13H14N2. The number of hydrogen-bond acceptors (Lipinski definition) is 1. The largest absolute Gasteiger partial charge is 0.301 e. The highest BCUT2D eigenvalue weighted by Crippen LogP contribution is 2.26. The van der Waals surface area contributed by atoms with E-state index in [2.05, 4.69) is 41.6 Å². The van der Waals surface area contributed by atoms with Crippen LogP contribution >= 0.6 is 0 Å². The monoisotopic (exact) mass is 198 g/mol. The van der Waals surface area contributed by atoms with E-state index in [-0.39, 0.29) is 0 Å². The molecule has 3 rings (SSSR count). The van der Waals surface area contributed by atoms with Crippen LogP contribution in [0.4, 0.5) is 0 Å². The standard InChI is InChI=1S/C13H14N2/c1-9-3-5-12-11(7-9)4-6-13-14-8-10(2)15(12)13/h3,5,7-8H,4,6H2,1-2H3. The van der Waals surface area contributed by atoms with Gasteiger partial charge in [0.25, 0.3) is 0 Å². The van der Waals surface area contributed by atoms with Crippen LogP contribution in [-0.4, -0.2) is 9.55 Å². The average molecular weight is 198 g/mol. The van der Waals surface area contributed by atoms with E-state index in [0.717, 1.165) is 12.8 Å². The zero-order chi connectivity index (χ0) is 10.4. The van der Waals surface area contributed by atoms with Crippen molar-refractivity contribution in [3.05, 3.63) is 47.0 Å². The average Bonchev–Trinajstić information content (AvgIpc) is 2.60. The molecule has 1 aromatic heterocycles. The van der Waals surface area contributed by atoms with E-state index in [4.69, 9.17) is 0 Å². The van der Waals surface area contributed by atoms with Crippen molar-refractivity contribution in [2.45, 2.75) is 26.7 Å². The molecule has 0 aliphatic carbocycles. The van der Waals surface area contributed by atoms with Crippen LogP contribution in [0.3, 0.4) is 0 Å². The number of nitrogens with zero attached hydrogens (tertiary/aromatic N) is 2. The third-order valence-electron chi connectivity index (χ3n) is 3.11. The van der Waals surface area contributed by atoms with Crippen molar-refractivity contribution in [3.63, 3.8) is 0 Å². The van der Waals surface area contributed by atoms with E-state index >= 15 is 0 Å². The first-order valence-corrected chi connectivity index (χ1v) is 5.39. The van der Waals surface area contributed by atoms with Crippen molar-refractivity contribution < 1.29 is 0 Å². The number of aryl methyl sites for hydroxylation is 4. The number of hydrogen-bond donors (Lipinski definition) is 0. The Hall–Kier alpha value is -1.57. The molecule has 0 N–H and O–H groups in total. The molecule has 76 valence electrons. The molecule has 0 fully saturated rings. The van der Waals surface area contributed by atoms with E-state index in [0.29, 0.717) is 0 Å². The van der Waals surface area contributed by atoms with Gasteiger partial charge in [0.15, 0.2) is 0 Å². The first kappa shape index (κ1) is 8.72. The zero-order valence-corrected chi connectivity index (χ0v) is 9.12. The van der Waals surface area contributed by atoms with Gasteiger partial charge in [-0.3, -0.25) is 0 Å². The lowest BCUT2D eigenvalue weighted by molar-refractivity contribution is 0.766. The molecule has 0 spiro atoms. The van der Waals surface area contributed by atoms with Gasteiger partial charge in [-0.25, -0.2) is 4.98 Å². The highest BCUT2D eigenvalue weighted by molar-refractivity contribution is 5.47. The summed E-state index contributed by atoms with van der Waals surface area (Å²) >= 11 is 0. The van der Waals surface area contributed by atoms with Crippen LogP contribution in [0.2, 0.25) is 0 Å². The molecule has 0 saturated heterocycles. The lowest BCUT2D eigenvalue weighted by Crippen LogP contribution is -2.13. The third kappa shape index (κ3) is 1.21. The second-order valence-electron chi connectivity index (χ2n) is 4.28. The van der Waals surface area contributed by atoms with Gasteiger partial charge in [-0.05, 0) is 31.9 Å². The summed E-state index contributed by atoms with van der Waals surface area (Å²) in [6, 6.07) is 6.67. The molecule has 0 unspecified atom stereocenters. The maximum Gasteiger partial charge on any atom is 0.113 e. The predicted octanol–water partition coefficient (Wildman–Crippen LogP) is 2.59. The predicted molar refractivity (Wildman–Crippen MR) is 60.4 cm³/mol. The molecule has 1 aliphatic rings. The van der Waals surface area contributed by atoms with Gasteiger partial charge in [0.2, 0.25) is 0 Å². The van der Waals surface area contributed by atoms with E-state index < -0.39 is 0 Å². The quantitative estimate of drug-likeness (QED) is 0.636. The van der Waals surface area contributed by atoms with Crippen molar-refractivity contribution in [2.24, 2.45) is 0 Å². The first-order valence-electron chi connectivity index (χ1n) is 5.39. The molecule has 0 radical (unpaired) electrons. The number of imidazole rings is 1.